The van der Waals surface area contributed by atoms with Crippen molar-refractivity contribution in [2.45, 2.75) is 84.8 Å². The standard InChI is InChI=1S/C33H43N3O4S/c1-9-30(32(38)34-33(6,7)8)35(21-27-15-10-23(2)11-16-27)31(37)22-36(28-17-14-25(4)26(5)20-28)41(39,40)29-18-12-24(3)13-19-29/h10-20,30H,9,21-22H2,1-8H3,(H,34,38)/t30-/m1/s1. The van der Waals surface area contributed by atoms with Crippen LogP contribution in [0.1, 0.15) is 61.9 Å². The van der Waals surface area contributed by atoms with E-state index in [1.165, 1.54) is 4.90 Å². The Morgan fingerprint density at radius 3 is 1.90 bits per heavy atom. The molecule has 3 aromatic rings. The normalized spacial score (nSPS) is 12.5. The first kappa shape index (κ1) is 31.9. The fourth-order valence-corrected chi connectivity index (χ4v) is 5.92. The van der Waals surface area contributed by atoms with Gasteiger partial charge in [0.15, 0.2) is 0 Å². The smallest absolute Gasteiger partial charge is 0.264 e. The van der Waals surface area contributed by atoms with Crippen LogP contribution in [-0.4, -0.2) is 43.3 Å². The summed E-state index contributed by atoms with van der Waals surface area (Å²) in [6.07, 6.45) is 0.369. The molecule has 0 aliphatic carbocycles. The van der Waals surface area contributed by atoms with Gasteiger partial charge in [-0.3, -0.25) is 13.9 Å². The van der Waals surface area contributed by atoms with Crippen molar-refractivity contribution in [3.05, 3.63) is 94.5 Å². The summed E-state index contributed by atoms with van der Waals surface area (Å²) in [5.41, 5.74) is 4.68. The van der Waals surface area contributed by atoms with E-state index in [1.807, 2.05) is 85.7 Å². The average molecular weight is 578 g/mol. The topological polar surface area (TPSA) is 86.8 Å². The Labute approximate surface area is 245 Å². The molecule has 0 unspecified atom stereocenters. The van der Waals surface area contributed by atoms with Crippen LogP contribution in [0.25, 0.3) is 0 Å². The van der Waals surface area contributed by atoms with Crippen molar-refractivity contribution in [1.82, 2.24) is 10.2 Å². The molecule has 3 rings (SSSR count). The first-order valence-corrected chi connectivity index (χ1v) is 15.4. The summed E-state index contributed by atoms with van der Waals surface area (Å²) in [5, 5.41) is 3.00. The highest BCUT2D eigenvalue weighted by Gasteiger charge is 2.34. The number of anilines is 1. The zero-order valence-corrected chi connectivity index (χ0v) is 26.3. The average Bonchev–Trinajstić information content (AvgIpc) is 2.89. The van der Waals surface area contributed by atoms with Gasteiger partial charge in [0.05, 0.1) is 10.6 Å². The fraction of sp³-hybridized carbons (Fsp3) is 0.394. The number of rotatable bonds is 10. The van der Waals surface area contributed by atoms with Crippen LogP contribution in [0.15, 0.2) is 71.6 Å². The number of amides is 2. The molecule has 3 aromatic carbocycles. The number of carbonyl (C=O) groups excluding carboxylic acids is 2. The van der Waals surface area contributed by atoms with Crippen LogP contribution < -0.4 is 9.62 Å². The van der Waals surface area contributed by atoms with Gasteiger partial charge in [-0.1, -0.05) is 60.5 Å². The van der Waals surface area contributed by atoms with Gasteiger partial charge in [0.1, 0.15) is 12.6 Å². The van der Waals surface area contributed by atoms with Crippen molar-refractivity contribution in [3.63, 3.8) is 0 Å². The van der Waals surface area contributed by atoms with Crippen molar-refractivity contribution in [1.29, 1.82) is 0 Å². The molecular formula is C33H43N3O4S. The SMILES string of the molecule is CC[C@H](C(=O)NC(C)(C)C)N(Cc1ccc(C)cc1)C(=O)CN(c1ccc(C)c(C)c1)S(=O)(=O)c1ccc(C)cc1. The lowest BCUT2D eigenvalue weighted by atomic mass is 10.1. The highest BCUT2D eigenvalue weighted by atomic mass is 32.2. The summed E-state index contributed by atoms with van der Waals surface area (Å²) in [6.45, 7) is 15.0. The first-order valence-electron chi connectivity index (χ1n) is 14.0. The van der Waals surface area contributed by atoms with Crippen LogP contribution in [0.2, 0.25) is 0 Å². The van der Waals surface area contributed by atoms with Crippen LogP contribution in [0.5, 0.6) is 0 Å². The Balaban J connectivity index is 2.09. The molecule has 7 nitrogen and oxygen atoms in total. The third-order valence-electron chi connectivity index (χ3n) is 7.02. The lowest BCUT2D eigenvalue weighted by Gasteiger charge is -2.35. The molecule has 0 heterocycles. The minimum Gasteiger partial charge on any atom is -0.350 e. The van der Waals surface area contributed by atoms with E-state index in [1.54, 1.807) is 36.4 Å². The van der Waals surface area contributed by atoms with E-state index in [0.717, 1.165) is 32.1 Å². The molecule has 0 radical (unpaired) electrons. The zero-order chi connectivity index (χ0) is 30.5. The van der Waals surface area contributed by atoms with E-state index in [-0.39, 0.29) is 17.3 Å². The molecule has 0 saturated carbocycles. The Kier molecular flexibility index (Phi) is 10.0. The second-order valence-electron chi connectivity index (χ2n) is 11.8. The maximum Gasteiger partial charge on any atom is 0.264 e. The molecule has 2 amide bonds. The molecule has 41 heavy (non-hydrogen) atoms. The van der Waals surface area contributed by atoms with E-state index < -0.39 is 34.1 Å². The predicted molar refractivity (Wildman–Crippen MR) is 165 cm³/mol. The van der Waals surface area contributed by atoms with Crippen LogP contribution >= 0.6 is 0 Å². The number of sulfonamides is 1. The summed E-state index contributed by atoms with van der Waals surface area (Å²) in [7, 11) is -4.10. The molecule has 1 N–H and O–H groups in total. The Bertz CT molecular complexity index is 1470. The molecule has 8 heteroatoms. The van der Waals surface area contributed by atoms with E-state index in [4.69, 9.17) is 0 Å². The van der Waals surface area contributed by atoms with Crippen molar-refractivity contribution < 1.29 is 18.0 Å². The third-order valence-corrected chi connectivity index (χ3v) is 8.81. The molecular weight excluding hydrogens is 534 g/mol. The number of carbonyl (C=O) groups is 2. The molecule has 0 aromatic heterocycles. The zero-order valence-electron chi connectivity index (χ0n) is 25.5. The first-order chi connectivity index (χ1) is 19.1. The van der Waals surface area contributed by atoms with Gasteiger partial charge in [-0.15, -0.1) is 0 Å². The van der Waals surface area contributed by atoms with Crippen LogP contribution in [0.4, 0.5) is 5.69 Å². The van der Waals surface area contributed by atoms with Crippen molar-refractivity contribution in [3.8, 4) is 0 Å². The molecule has 220 valence electrons. The maximum absolute atomic E-state index is 14.2. The Hall–Kier alpha value is -3.65. The van der Waals surface area contributed by atoms with Crippen LogP contribution in [0, 0.1) is 27.7 Å². The summed E-state index contributed by atoms with van der Waals surface area (Å²) in [4.78, 5) is 29.2. The molecule has 1 atom stereocenters. The van der Waals surface area contributed by atoms with Gasteiger partial charge in [0.25, 0.3) is 10.0 Å². The monoisotopic (exact) mass is 577 g/mol. The van der Waals surface area contributed by atoms with Gasteiger partial charge in [-0.25, -0.2) is 8.42 Å². The maximum atomic E-state index is 14.2. The Morgan fingerprint density at radius 1 is 0.829 bits per heavy atom. The highest BCUT2D eigenvalue weighted by Crippen LogP contribution is 2.27. The molecule has 0 spiro atoms. The molecule has 0 aliphatic rings. The van der Waals surface area contributed by atoms with E-state index in [0.29, 0.717) is 12.1 Å². The summed E-state index contributed by atoms with van der Waals surface area (Å²) in [6, 6.07) is 18.9. The lowest BCUT2D eigenvalue weighted by Crippen LogP contribution is -2.55. The van der Waals surface area contributed by atoms with Crippen LogP contribution in [0.3, 0.4) is 0 Å². The minimum atomic E-state index is -4.10. The summed E-state index contributed by atoms with van der Waals surface area (Å²) < 4.78 is 29.2. The highest BCUT2D eigenvalue weighted by molar-refractivity contribution is 7.92. The number of aryl methyl sites for hydroxylation is 4. The third kappa shape index (κ3) is 8.19. The van der Waals surface area contributed by atoms with Gasteiger partial charge in [0, 0.05) is 12.1 Å². The largest absolute Gasteiger partial charge is 0.350 e. The quantitative estimate of drug-likeness (QED) is 0.328. The van der Waals surface area contributed by atoms with Crippen molar-refractivity contribution in [2.75, 3.05) is 10.8 Å². The number of benzene rings is 3. The number of nitrogens with one attached hydrogen (secondary N) is 1. The molecule has 0 aliphatic heterocycles. The predicted octanol–water partition coefficient (Wildman–Crippen LogP) is 5.84. The molecule has 0 saturated heterocycles. The summed E-state index contributed by atoms with van der Waals surface area (Å²) >= 11 is 0. The fourth-order valence-electron chi connectivity index (χ4n) is 4.51. The van der Waals surface area contributed by atoms with Crippen LogP contribution in [-0.2, 0) is 26.2 Å². The van der Waals surface area contributed by atoms with Gasteiger partial charge in [0.2, 0.25) is 11.8 Å². The molecule has 0 bridgehead atoms. The van der Waals surface area contributed by atoms with Gasteiger partial charge >= 0.3 is 0 Å². The van der Waals surface area contributed by atoms with Gasteiger partial charge in [-0.2, -0.15) is 0 Å². The van der Waals surface area contributed by atoms with Gasteiger partial charge in [-0.05, 0) is 95.8 Å². The lowest BCUT2D eigenvalue weighted by molar-refractivity contribution is -0.141. The number of hydrogen-bond acceptors (Lipinski definition) is 4. The van der Waals surface area contributed by atoms with E-state index >= 15 is 0 Å². The molecule has 0 fully saturated rings. The van der Waals surface area contributed by atoms with Crippen molar-refractivity contribution >= 4 is 27.5 Å². The number of nitrogens with zero attached hydrogens (tertiary/aromatic N) is 2. The van der Waals surface area contributed by atoms with Gasteiger partial charge < -0.3 is 10.2 Å². The van der Waals surface area contributed by atoms with Crippen molar-refractivity contribution in [2.24, 2.45) is 0 Å². The second-order valence-corrected chi connectivity index (χ2v) is 13.6. The second kappa shape index (κ2) is 12.9. The van der Waals surface area contributed by atoms with E-state index in [9.17, 15) is 18.0 Å². The minimum absolute atomic E-state index is 0.0942. The van der Waals surface area contributed by atoms with E-state index in [2.05, 4.69) is 5.32 Å². The number of hydrogen-bond donors (Lipinski definition) is 1. The summed E-state index contributed by atoms with van der Waals surface area (Å²) in [5.74, 6) is -0.741. The Morgan fingerprint density at radius 2 is 1.39 bits per heavy atom.